The van der Waals surface area contributed by atoms with Crippen molar-refractivity contribution in [3.8, 4) is 11.4 Å². The number of piperazine rings is 1. The normalized spacial score (nSPS) is 16.2. The van der Waals surface area contributed by atoms with Crippen LogP contribution < -0.4 is 21.2 Å². The Morgan fingerprint density at radius 2 is 1.69 bits per heavy atom. The van der Waals surface area contributed by atoms with Crippen molar-refractivity contribution in [1.29, 1.82) is 0 Å². The molecule has 17 nitrogen and oxygen atoms in total. The molecule has 2 N–H and O–H groups in total. The van der Waals surface area contributed by atoms with Crippen LogP contribution in [0.5, 0.6) is 0 Å². The number of piperidine rings is 1. The van der Waals surface area contributed by atoms with Gasteiger partial charge >= 0.3 is 5.69 Å². The molecule has 0 spiro atoms. The summed E-state index contributed by atoms with van der Waals surface area (Å²) in [6.45, 7) is 7.23. The molecule has 0 bridgehead atoms. The molecule has 2 aromatic carbocycles. The van der Waals surface area contributed by atoms with E-state index in [4.69, 9.17) is 14.7 Å². The highest BCUT2D eigenvalue weighted by Crippen LogP contribution is 2.25. The summed E-state index contributed by atoms with van der Waals surface area (Å²) in [5.41, 5.74) is 6.17. The maximum absolute atomic E-state index is 13.1. The van der Waals surface area contributed by atoms with Crippen molar-refractivity contribution < 1.29 is 27.5 Å². The van der Waals surface area contributed by atoms with E-state index in [1.165, 1.54) is 10.6 Å². The number of hydrogen-bond acceptors (Lipinski definition) is 13. The number of ether oxygens (including phenoxy) is 1. The van der Waals surface area contributed by atoms with Gasteiger partial charge in [0.15, 0.2) is 9.84 Å². The number of aromatic nitrogens is 6. The number of pyridine rings is 2. The van der Waals surface area contributed by atoms with Crippen molar-refractivity contribution in [3.05, 3.63) is 106 Å². The van der Waals surface area contributed by atoms with Gasteiger partial charge in [-0.2, -0.15) is 5.10 Å². The third kappa shape index (κ3) is 9.26. The van der Waals surface area contributed by atoms with Crippen LogP contribution in [0, 0.1) is 6.92 Å². The Morgan fingerprint density at radius 1 is 0.887 bits per heavy atom. The molecular formula is C44H48N10O7S. The predicted octanol–water partition coefficient (Wildman–Crippen LogP) is 3.13. The molecule has 1 atom stereocenters. The number of carbonyl (C=O) groups excluding carboxylic acids is 3. The number of amides is 3. The topological polar surface area (TPSA) is 204 Å². The zero-order valence-electron chi connectivity index (χ0n) is 34.8. The Hall–Kier alpha value is -6.37. The monoisotopic (exact) mass is 860 g/mol. The highest BCUT2D eigenvalue weighted by atomic mass is 32.2. The first kappa shape index (κ1) is 42.3. The van der Waals surface area contributed by atoms with Crippen molar-refractivity contribution in [2.75, 3.05) is 57.1 Å². The molecule has 2 saturated heterocycles. The van der Waals surface area contributed by atoms with Crippen molar-refractivity contribution in [2.45, 2.75) is 50.1 Å². The summed E-state index contributed by atoms with van der Waals surface area (Å²) in [5.74, 6) is -0.304. The van der Waals surface area contributed by atoms with Crippen LogP contribution in [-0.4, -0.2) is 113 Å². The van der Waals surface area contributed by atoms with Crippen LogP contribution in [0.25, 0.3) is 33.5 Å². The SMILES string of the molecule is Cc1ccc(C(=O)NCc2cc3nc(-c4cccc(N5CCN(CCOCCCc6ccc7c(c6)n(C)c(=O)n7C6CCC(=O)NC6=O)CC5)n4)ccc3nn2)cc1S(C)(=O)=O. The molecule has 2 fully saturated rings. The van der Waals surface area contributed by atoms with Gasteiger partial charge in [-0.05, 0) is 91.9 Å². The molecule has 6 heterocycles. The van der Waals surface area contributed by atoms with E-state index in [9.17, 15) is 27.6 Å². The third-order valence-electron chi connectivity index (χ3n) is 11.4. The molecule has 4 aromatic heterocycles. The zero-order chi connectivity index (χ0) is 43.5. The summed E-state index contributed by atoms with van der Waals surface area (Å²) in [4.78, 5) is 64.7. The number of fused-ring (bicyclic) bond motifs is 2. The minimum Gasteiger partial charge on any atom is -0.380 e. The molecule has 62 heavy (non-hydrogen) atoms. The number of benzene rings is 2. The third-order valence-corrected chi connectivity index (χ3v) is 12.7. The standard InChI is InChI=1S/C44H48N10O7S/c1-28-9-11-30(25-39(28)62(3,59)60)42(56)45-27-31-26-35-34(50-49-31)13-12-33(46-35)32-7-4-8-40(47-32)53-19-17-52(18-20-53)21-23-61-22-5-6-29-10-14-36-38(24-29)51(2)44(58)54(36)37-15-16-41(55)48-43(37)57/h4,7-14,24-26,37H,5-6,15-23,27H2,1-3H3,(H,45,56)(H,48,55,57). The fourth-order valence-corrected chi connectivity index (χ4v) is 9.01. The van der Waals surface area contributed by atoms with Crippen LogP contribution in [0.3, 0.4) is 0 Å². The van der Waals surface area contributed by atoms with Crippen LogP contribution in [0.1, 0.15) is 52.5 Å². The lowest BCUT2D eigenvalue weighted by atomic mass is 10.1. The average Bonchev–Trinajstić information content (AvgIpc) is 3.51. The van der Waals surface area contributed by atoms with E-state index in [2.05, 4.69) is 30.6 Å². The van der Waals surface area contributed by atoms with E-state index < -0.39 is 27.7 Å². The summed E-state index contributed by atoms with van der Waals surface area (Å²) in [6, 6.07) is 21.1. The number of sulfone groups is 1. The second-order valence-corrected chi connectivity index (χ2v) is 17.8. The maximum Gasteiger partial charge on any atom is 0.329 e. The number of imidazole rings is 1. The molecule has 2 aliphatic heterocycles. The first-order valence-corrected chi connectivity index (χ1v) is 22.5. The highest BCUT2D eigenvalue weighted by Gasteiger charge is 2.31. The van der Waals surface area contributed by atoms with Crippen molar-refractivity contribution in [1.82, 2.24) is 44.8 Å². The van der Waals surface area contributed by atoms with Crippen LogP contribution in [0.15, 0.2) is 82.5 Å². The molecule has 1 unspecified atom stereocenters. The van der Waals surface area contributed by atoms with Crippen molar-refractivity contribution in [2.24, 2.45) is 7.05 Å². The Kier molecular flexibility index (Phi) is 12.2. The molecule has 0 saturated carbocycles. The number of nitrogens with zero attached hydrogens (tertiary/aromatic N) is 8. The summed E-state index contributed by atoms with van der Waals surface area (Å²) >= 11 is 0. The zero-order valence-corrected chi connectivity index (χ0v) is 35.7. The lowest BCUT2D eigenvalue weighted by Gasteiger charge is -2.35. The lowest BCUT2D eigenvalue weighted by Crippen LogP contribution is -2.47. The quantitative estimate of drug-likeness (QED) is 0.120. The summed E-state index contributed by atoms with van der Waals surface area (Å²) in [7, 11) is -1.78. The van der Waals surface area contributed by atoms with E-state index in [1.807, 2.05) is 48.5 Å². The van der Waals surface area contributed by atoms with Crippen LogP contribution in [-0.2, 0) is 44.2 Å². The van der Waals surface area contributed by atoms with Gasteiger partial charge in [-0.1, -0.05) is 18.2 Å². The van der Waals surface area contributed by atoms with Gasteiger partial charge in [0.25, 0.3) is 5.91 Å². The molecule has 322 valence electrons. The van der Waals surface area contributed by atoms with Gasteiger partial charge in [0.05, 0.1) is 51.7 Å². The van der Waals surface area contributed by atoms with Gasteiger partial charge < -0.3 is 15.0 Å². The smallest absolute Gasteiger partial charge is 0.329 e. The van der Waals surface area contributed by atoms with E-state index in [-0.39, 0.29) is 35.0 Å². The molecule has 18 heteroatoms. The predicted molar refractivity (Wildman–Crippen MR) is 232 cm³/mol. The molecule has 3 amide bonds. The lowest BCUT2D eigenvalue weighted by molar-refractivity contribution is -0.135. The van der Waals surface area contributed by atoms with Crippen LogP contribution in [0.4, 0.5) is 5.82 Å². The van der Waals surface area contributed by atoms with E-state index >= 15 is 0 Å². The fraction of sp³-hybridized carbons (Fsp3) is 0.364. The highest BCUT2D eigenvalue weighted by molar-refractivity contribution is 7.90. The van der Waals surface area contributed by atoms with Gasteiger partial charge in [0.2, 0.25) is 11.8 Å². The maximum atomic E-state index is 13.1. The molecule has 8 rings (SSSR count). The fourth-order valence-electron chi connectivity index (χ4n) is 8.02. The first-order chi connectivity index (χ1) is 29.8. The molecular weight excluding hydrogens is 813 g/mol. The van der Waals surface area contributed by atoms with Gasteiger partial charge in [0.1, 0.15) is 17.4 Å². The van der Waals surface area contributed by atoms with Gasteiger partial charge in [-0.15, -0.1) is 5.10 Å². The first-order valence-electron chi connectivity index (χ1n) is 20.6. The van der Waals surface area contributed by atoms with E-state index in [0.29, 0.717) is 53.1 Å². The summed E-state index contributed by atoms with van der Waals surface area (Å²) in [6.07, 6.45) is 3.24. The molecule has 0 radical (unpaired) electrons. The number of nitrogens with one attached hydrogen (secondary N) is 2. The Balaban J connectivity index is 0.794. The number of hydrogen-bond donors (Lipinski definition) is 2. The van der Waals surface area contributed by atoms with Crippen molar-refractivity contribution >= 4 is 55.4 Å². The largest absolute Gasteiger partial charge is 0.380 e. The Morgan fingerprint density at radius 3 is 2.48 bits per heavy atom. The van der Waals surface area contributed by atoms with Crippen molar-refractivity contribution in [3.63, 3.8) is 0 Å². The molecule has 2 aliphatic rings. The Bertz CT molecular complexity index is 2870. The Labute approximate surface area is 358 Å². The van der Waals surface area contributed by atoms with E-state index in [1.54, 1.807) is 36.7 Å². The second kappa shape index (κ2) is 17.9. The molecule has 6 aromatic rings. The van der Waals surface area contributed by atoms with Crippen LogP contribution >= 0.6 is 0 Å². The summed E-state index contributed by atoms with van der Waals surface area (Å²) < 4.78 is 33.4. The van der Waals surface area contributed by atoms with Gasteiger partial charge in [0, 0.05) is 64.6 Å². The number of anilines is 1. The number of aryl methyl sites for hydroxylation is 3. The average molecular weight is 861 g/mol. The van der Waals surface area contributed by atoms with Gasteiger partial charge in [-0.25, -0.2) is 23.2 Å². The number of carbonyl (C=O) groups is 3. The van der Waals surface area contributed by atoms with Crippen LogP contribution in [0.2, 0.25) is 0 Å². The van der Waals surface area contributed by atoms with E-state index in [0.717, 1.165) is 74.4 Å². The molecule has 0 aliphatic carbocycles. The number of imide groups is 1. The summed E-state index contributed by atoms with van der Waals surface area (Å²) in [5, 5.41) is 13.7. The second-order valence-electron chi connectivity index (χ2n) is 15.8. The number of rotatable bonds is 14. The minimum absolute atomic E-state index is 0.0809. The van der Waals surface area contributed by atoms with Gasteiger partial charge in [-0.3, -0.25) is 33.7 Å². The minimum atomic E-state index is -3.48.